The number of rotatable bonds is 9. The van der Waals surface area contributed by atoms with Crippen LogP contribution < -0.4 is 27.0 Å². The van der Waals surface area contributed by atoms with Crippen LogP contribution in [0.2, 0.25) is 0 Å². The van der Waals surface area contributed by atoms with Gasteiger partial charge in [0.1, 0.15) is 12.2 Å². The molecule has 11 nitrogen and oxygen atoms in total. The molecular weight excluding hydrogens is 418 g/mol. The standard InChI is InChI=1S/C21H33N5O6/c1-2-9-24-21(31)32-16-12-13(19(29)23-10-8-17(22)27)11-15(18(16)28)26-20(30)25-14-6-4-3-5-7-14/h2,11,14-16,18,28H,1,3-10,12H2,(H2,22,27)(H,23,29)(H,24,31)(H2,25,26,30)/t15-,16-,18-/m1/s1. The molecule has 11 heteroatoms. The van der Waals surface area contributed by atoms with Gasteiger partial charge in [-0.3, -0.25) is 9.59 Å². The van der Waals surface area contributed by atoms with E-state index in [1.54, 1.807) is 0 Å². The molecule has 32 heavy (non-hydrogen) atoms. The first-order valence-electron chi connectivity index (χ1n) is 10.9. The molecule has 0 aromatic carbocycles. The molecule has 7 N–H and O–H groups in total. The van der Waals surface area contributed by atoms with Crippen LogP contribution in [-0.4, -0.2) is 66.4 Å². The van der Waals surface area contributed by atoms with Gasteiger partial charge < -0.3 is 36.8 Å². The maximum Gasteiger partial charge on any atom is 0.407 e. The van der Waals surface area contributed by atoms with Crippen LogP contribution in [0.5, 0.6) is 0 Å². The van der Waals surface area contributed by atoms with Crippen LogP contribution in [0.25, 0.3) is 0 Å². The summed E-state index contributed by atoms with van der Waals surface area (Å²) >= 11 is 0. The highest BCUT2D eigenvalue weighted by atomic mass is 16.6. The number of alkyl carbamates (subject to hydrolysis) is 1. The fourth-order valence-electron chi connectivity index (χ4n) is 3.73. The van der Waals surface area contributed by atoms with Gasteiger partial charge in [-0.1, -0.05) is 31.4 Å². The molecule has 2 rings (SSSR count). The molecule has 0 radical (unpaired) electrons. The summed E-state index contributed by atoms with van der Waals surface area (Å²) in [5.74, 6) is -1.06. The Kier molecular flexibility index (Phi) is 9.99. The van der Waals surface area contributed by atoms with Gasteiger partial charge in [-0.2, -0.15) is 0 Å². The van der Waals surface area contributed by atoms with Gasteiger partial charge in [0.2, 0.25) is 11.8 Å². The van der Waals surface area contributed by atoms with Gasteiger partial charge in [0.15, 0.2) is 0 Å². The van der Waals surface area contributed by atoms with Gasteiger partial charge in [-0.25, -0.2) is 9.59 Å². The molecule has 0 aromatic heterocycles. The van der Waals surface area contributed by atoms with Crippen LogP contribution in [0.3, 0.4) is 0 Å². The van der Waals surface area contributed by atoms with E-state index in [0.717, 1.165) is 32.1 Å². The molecule has 0 spiro atoms. The van der Waals surface area contributed by atoms with Gasteiger partial charge in [0.05, 0.1) is 6.04 Å². The van der Waals surface area contributed by atoms with Gasteiger partial charge in [-0.15, -0.1) is 6.58 Å². The molecule has 0 unspecified atom stereocenters. The Hall–Kier alpha value is -3.08. The third kappa shape index (κ3) is 8.22. The second-order valence-electron chi connectivity index (χ2n) is 7.95. The van der Waals surface area contributed by atoms with Gasteiger partial charge in [0.25, 0.3) is 0 Å². The van der Waals surface area contributed by atoms with Crippen molar-refractivity contribution in [1.82, 2.24) is 21.3 Å². The van der Waals surface area contributed by atoms with Crippen molar-refractivity contribution in [2.75, 3.05) is 13.1 Å². The van der Waals surface area contributed by atoms with E-state index in [-0.39, 0.29) is 37.5 Å². The van der Waals surface area contributed by atoms with Crippen molar-refractivity contribution in [2.24, 2.45) is 5.73 Å². The number of hydrogen-bond donors (Lipinski definition) is 6. The number of aliphatic hydroxyl groups is 1. The molecule has 0 aromatic rings. The molecule has 1 saturated carbocycles. The lowest BCUT2D eigenvalue weighted by molar-refractivity contribution is -0.119. The molecule has 0 saturated heterocycles. The fraction of sp³-hybridized carbons (Fsp3) is 0.619. The molecule has 0 aliphatic heterocycles. The third-order valence-corrected chi connectivity index (χ3v) is 5.39. The Bertz CT molecular complexity index is 734. The highest BCUT2D eigenvalue weighted by molar-refractivity contribution is 5.94. The summed E-state index contributed by atoms with van der Waals surface area (Å²) in [6, 6.07) is -1.37. The molecule has 2 aliphatic rings. The summed E-state index contributed by atoms with van der Waals surface area (Å²) in [5.41, 5.74) is 5.29. The maximum atomic E-state index is 12.5. The van der Waals surface area contributed by atoms with Crippen LogP contribution >= 0.6 is 0 Å². The summed E-state index contributed by atoms with van der Waals surface area (Å²) in [4.78, 5) is 47.9. The smallest absolute Gasteiger partial charge is 0.407 e. The summed E-state index contributed by atoms with van der Waals surface area (Å²) in [5, 5.41) is 21.2. The van der Waals surface area contributed by atoms with Gasteiger partial charge in [0, 0.05) is 37.5 Å². The van der Waals surface area contributed by atoms with E-state index in [4.69, 9.17) is 10.5 Å². The van der Waals surface area contributed by atoms with Crippen LogP contribution in [0.1, 0.15) is 44.9 Å². The predicted molar refractivity (Wildman–Crippen MR) is 116 cm³/mol. The number of nitrogens with two attached hydrogens (primary N) is 1. The molecule has 5 amide bonds. The molecule has 3 atom stereocenters. The van der Waals surface area contributed by atoms with Crippen molar-refractivity contribution in [1.29, 1.82) is 0 Å². The third-order valence-electron chi connectivity index (χ3n) is 5.39. The van der Waals surface area contributed by atoms with E-state index < -0.39 is 42.2 Å². The lowest BCUT2D eigenvalue weighted by atomic mass is 9.89. The topological polar surface area (TPSA) is 172 Å². The number of primary amides is 1. The highest BCUT2D eigenvalue weighted by Crippen LogP contribution is 2.23. The molecule has 0 heterocycles. The number of urea groups is 1. The Morgan fingerprint density at radius 1 is 1.16 bits per heavy atom. The zero-order valence-corrected chi connectivity index (χ0v) is 18.1. The van der Waals surface area contributed by atoms with Crippen LogP contribution in [-0.2, 0) is 14.3 Å². The maximum absolute atomic E-state index is 12.5. The second-order valence-corrected chi connectivity index (χ2v) is 7.95. The summed E-state index contributed by atoms with van der Waals surface area (Å²) in [6.45, 7) is 3.71. The number of carbonyl (C=O) groups is 4. The van der Waals surface area contributed by atoms with Crippen LogP contribution in [0, 0.1) is 0 Å². The molecule has 2 aliphatic carbocycles. The fourth-order valence-corrected chi connectivity index (χ4v) is 3.73. The lowest BCUT2D eigenvalue weighted by Crippen LogP contribution is -2.55. The van der Waals surface area contributed by atoms with E-state index in [1.807, 2.05) is 0 Å². The summed E-state index contributed by atoms with van der Waals surface area (Å²) in [7, 11) is 0. The number of nitrogens with one attached hydrogen (secondary N) is 4. The minimum atomic E-state index is -1.26. The van der Waals surface area contributed by atoms with Crippen molar-refractivity contribution in [2.45, 2.75) is 69.2 Å². The van der Waals surface area contributed by atoms with E-state index in [1.165, 1.54) is 12.2 Å². The van der Waals surface area contributed by atoms with E-state index in [2.05, 4.69) is 27.8 Å². The average Bonchev–Trinajstić information content (AvgIpc) is 2.75. The number of amides is 5. The molecule has 0 bridgehead atoms. The van der Waals surface area contributed by atoms with Crippen molar-refractivity contribution < 1.29 is 29.0 Å². The van der Waals surface area contributed by atoms with E-state index in [9.17, 15) is 24.3 Å². The lowest BCUT2D eigenvalue weighted by Gasteiger charge is -2.34. The Morgan fingerprint density at radius 3 is 2.53 bits per heavy atom. The van der Waals surface area contributed by atoms with Crippen molar-refractivity contribution >= 4 is 23.9 Å². The SMILES string of the molecule is C=CCNC(=O)O[C@@H]1CC(C(=O)NCCC(N)=O)=C[C@@H](NC(=O)NC2CCCCC2)[C@H]1O. The number of hydrogen-bond acceptors (Lipinski definition) is 6. The Labute approximate surface area is 187 Å². The van der Waals surface area contributed by atoms with E-state index in [0.29, 0.717) is 0 Å². The summed E-state index contributed by atoms with van der Waals surface area (Å²) in [6.07, 6.45) is 4.71. The zero-order chi connectivity index (χ0) is 23.5. The zero-order valence-electron chi connectivity index (χ0n) is 18.1. The monoisotopic (exact) mass is 451 g/mol. The summed E-state index contributed by atoms with van der Waals surface area (Å²) < 4.78 is 5.28. The second kappa shape index (κ2) is 12.7. The number of ether oxygens (including phenoxy) is 1. The normalized spacial score (nSPS) is 23.3. The predicted octanol–water partition coefficient (Wildman–Crippen LogP) is -0.0497. The highest BCUT2D eigenvalue weighted by Gasteiger charge is 2.37. The molecule has 178 valence electrons. The number of aliphatic hydroxyl groups excluding tert-OH is 1. The van der Waals surface area contributed by atoms with Gasteiger partial charge >= 0.3 is 12.1 Å². The van der Waals surface area contributed by atoms with Crippen molar-refractivity contribution in [3.8, 4) is 0 Å². The first kappa shape index (κ1) is 25.2. The van der Waals surface area contributed by atoms with Crippen molar-refractivity contribution in [3.63, 3.8) is 0 Å². The minimum Gasteiger partial charge on any atom is -0.443 e. The Morgan fingerprint density at radius 2 is 1.88 bits per heavy atom. The quantitative estimate of drug-likeness (QED) is 0.268. The largest absolute Gasteiger partial charge is 0.443 e. The molecule has 1 fully saturated rings. The van der Waals surface area contributed by atoms with E-state index >= 15 is 0 Å². The van der Waals surface area contributed by atoms with Crippen LogP contribution in [0.4, 0.5) is 9.59 Å². The first-order chi connectivity index (χ1) is 15.3. The van der Waals surface area contributed by atoms with Crippen molar-refractivity contribution in [3.05, 3.63) is 24.3 Å². The van der Waals surface area contributed by atoms with Crippen LogP contribution in [0.15, 0.2) is 24.3 Å². The van der Waals surface area contributed by atoms with Gasteiger partial charge in [-0.05, 0) is 12.8 Å². The minimum absolute atomic E-state index is 0.0307. The molecular formula is C21H33N5O6. The number of carbonyl (C=O) groups excluding carboxylic acids is 4. The average molecular weight is 452 g/mol. The Balaban J connectivity index is 2.07. The first-order valence-corrected chi connectivity index (χ1v) is 10.9.